The van der Waals surface area contributed by atoms with E-state index in [0.29, 0.717) is 46.2 Å². The Kier molecular flexibility index (Phi) is 34.0. The molecule has 0 aliphatic carbocycles. The van der Waals surface area contributed by atoms with Crippen molar-refractivity contribution < 1.29 is 33.2 Å². The van der Waals surface area contributed by atoms with Crippen molar-refractivity contribution in [2.75, 3.05) is 0 Å². The summed E-state index contributed by atoms with van der Waals surface area (Å²) in [4.78, 5) is 0. The van der Waals surface area contributed by atoms with E-state index in [2.05, 4.69) is 326 Å². The Morgan fingerprint density at radius 2 is 0.467 bits per heavy atom. The molecule has 0 amide bonds. The summed E-state index contributed by atoms with van der Waals surface area (Å²) in [5.74, 6) is 0. The second kappa shape index (κ2) is 47.4. The average molecular weight is 1570 g/mol. The van der Waals surface area contributed by atoms with E-state index in [1.165, 1.54) is 210 Å². The number of aryl methyl sites for hydroxylation is 1. The zero-order chi connectivity index (χ0) is 83.6. The van der Waals surface area contributed by atoms with E-state index in [9.17, 15) is 0 Å². The Bertz CT molecular complexity index is 6110. The van der Waals surface area contributed by atoms with E-state index in [-0.39, 0.29) is 0 Å². The van der Waals surface area contributed by atoms with E-state index in [1.54, 1.807) is 0 Å². The molecule has 0 unspecified atom stereocenters. The normalized spacial score (nSPS) is 10.3. The molecule has 0 N–H and O–H groups in total. The van der Waals surface area contributed by atoms with Crippen molar-refractivity contribution in [3.05, 3.63) is 498 Å². The van der Waals surface area contributed by atoms with Crippen LogP contribution in [-0.4, -0.2) is 0 Å². The topological polar surface area (TPSA) is 64.6 Å². The quantitative estimate of drug-likeness (QED) is 0.0441. The van der Waals surface area contributed by atoms with Crippen molar-refractivity contribution in [3.8, 4) is 0 Å². The maximum Gasteiger partial charge on any atom is 0.114 e. The lowest BCUT2D eigenvalue weighted by molar-refractivity contribution is 0.237. The van der Waals surface area contributed by atoms with Crippen molar-refractivity contribution in [2.24, 2.45) is 0 Å². The van der Waals surface area contributed by atoms with E-state index in [1.807, 2.05) is 91.0 Å². The molecule has 0 bridgehead atoms. The minimum absolute atomic E-state index is 0.561. The van der Waals surface area contributed by atoms with Gasteiger partial charge in [-0.25, -0.2) is 0 Å². The number of unbranched alkanes of at least 4 members (excludes halogenated alkanes) is 1. The highest BCUT2D eigenvalue weighted by molar-refractivity contribution is 6.03. The molecule has 0 heterocycles. The molecule has 7 heteroatoms. The molecular weight excluding hydrogens is 1470 g/mol. The lowest BCUT2D eigenvalue weighted by Gasteiger charge is -2.11. The second-order valence-electron chi connectivity index (χ2n) is 28.1. The first kappa shape index (κ1) is 86.2. The van der Waals surface area contributed by atoms with Gasteiger partial charge in [0.05, 0.1) is 43.8 Å². The Morgan fingerprint density at radius 3 is 0.900 bits per heavy atom. The van der Waals surface area contributed by atoms with Crippen molar-refractivity contribution in [1.82, 2.24) is 0 Å². The van der Waals surface area contributed by atoms with Gasteiger partial charge in [-0.05, 0) is 208 Å². The smallest absolute Gasteiger partial charge is 0.114 e. The maximum atomic E-state index is 5.40. The molecule has 7 nitrogen and oxygen atoms in total. The first-order chi connectivity index (χ1) is 59.2. The van der Waals surface area contributed by atoms with Gasteiger partial charge in [-0.15, -0.1) is 0 Å². The molecule has 0 saturated heterocycles. The fourth-order valence-electron chi connectivity index (χ4n) is 14.1. The average Bonchev–Trinajstić information content (AvgIpc) is 0.781. The van der Waals surface area contributed by atoms with Crippen LogP contribution in [0, 0.1) is 0 Å². The molecule has 0 fully saturated rings. The predicted octanol–water partition coefficient (Wildman–Crippen LogP) is 31.0. The van der Waals surface area contributed by atoms with Gasteiger partial charge >= 0.3 is 0 Å². The first-order valence-corrected chi connectivity index (χ1v) is 40.4. The zero-order valence-corrected chi connectivity index (χ0v) is 68.6. The number of benzene rings is 18. The molecule has 0 radical (unpaired) electrons. The summed E-state index contributed by atoms with van der Waals surface area (Å²) in [6.45, 7) is 31.1. The van der Waals surface area contributed by atoms with Gasteiger partial charge in [-0.3, -0.25) is 0 Å². The van der Waals surface area contributed by atoms with Gasteiger partial charge in [0.2, 0.25) is 0 Å². The van der Waals surface area contributed by atoms with Gasteiger partial charge in [0, 0.05) is 5.56 Å². The van der Waals surface area contributed by atoms with Crippen LogP contribution in [0.4, 0.5) is 0 Å². The fourth-order valence-corrected chi connectivity index (χ4v) is 14.1. The largest absolute Gasteiger partial charge is 0.497 e. The van der Waals surface area contributed by atoms with Gasteiger partial charge in [0.25, 0.3) is 0 Å². The van der Waals surface area contributed by atoms with Crippen LogP contribution in [-0.2, 0) is 85.8 Å². The fraction of sp³-hybridized carbons (Fsp3) is 0.0973. The first-order valence-electron chi connectivity index (χ1n) is 40.4. The van der Waals surface area contributed by atoms with Crippen LogP contribution in [0.25, 0.3) is 108 Å². The predicted molar refractivity (Wildman–Crippen MR) is 510 cm³/mol. The Morgan fingerprint density at radius 1 is 0.192 bits per heavy atom. The SMILES string of the molecule is C=COCc1c2ccccc2cc2ccccc12.C=COCc1ccc2cc3ccccc3cc2c1.C=COCc1ccc2ccccc2c1.C=COCc1ccc2ccccc2c1.C=COCc1cccc2ccccc12.C=COCc1cccc2ccccc12.C=COCc1ccccc1.CCCCc1cccc2cc3ccccc3cc12. The third-order valence-electron chi connectivity index (χ3n) is 20.0. The molecule has 0 spiro atoms. The van der Waals surface area contributed by atoms with E-state index < -0.39 is 0 Å². The molecule has 0 aromatic heterocycles. The maximum absolute atomic E-state index is 5.40. The molecule has 120 heavy (non-hydrogen) atoms. The van der Waals surface area contributed by atoms with E-state index >= 15 is 0 Å². The molecule has 0 saturated carbocycles. The summed E-state index contributed by atoms with van der Waals surface area (Å²) in [6.07, 6.45) is 14.0. The van der Waals surface area contributed by atoms with E-state index in [4.69, 9.17) is 33.2 Å². The highest BCUT2D eigenvalue weighted by Gasteiger charge is 2.09. The monoisotopic (exact) mass is 1570 g/mol. The molecule has 18 aromatic carbocycles. The lowest BCUT2D eigenvalue weighted by Crippen LogP contribution is -1.91. The molecule has 0 aliphatic rings. The molecule has 0 aliphatic heterocycles. The molecule has 18 aromatic rings. The number of fused-ring (bicyclic) bond motifs is 10. The van der Waals surface area contributed by atoms with Crippen molar-refractivity contribution >= 4 is 108 Å². The number of hydrogen-bond acceptors (Lipinski definition) is 7. The minimum atomic E-state index is 0.561. The van der Waals surface area contributed by atoms with E-state index in [0.717, 1.165) is 5.56 Å². The van der Waals surface area contributed by atoms with Gasteiger partial charge in [0.15, 0.2) is 0 Å². The minimum Gasteiger partial charge on any atom is -0.497 e. The van der Waals surface area contributed by atoms with Crippen molar-refractivity contribution in [2.45, 2.75) is 72.4 Å². The summed E-state index contributed by atoms with van der Waals surface area (Å²) >= 11 is 0. The second-order valence-corrected chi connectivity index (χ2v) is 28.1. The van der Waals surface area contributed by atoms with Crippen LogP contribution in [0.3, 0.4) is 0 Å². The van der Waals surface area contributed by atoms with Gasteiger partial charge in [0.1, 0.15) is 46.2 Å². The molecular formula is C113H104O7. The van der Waals surface area contributed by atoms with Crippen LogP contribution in [0.15, 0.2) is 454 Å². The van der Waals surface area contributed by atoms with Crippen LogP contribution < -0.4 is 0 Å². The van der Waals surface area contributed by atoms with Gasteiger partial charge in [-0.1, -0.05) is 375 Å². The Balaban J connectivity index is 0.000000135. The highest BCUT2D eigenvalue weighted by atomic mass is 16.5. The zero-order valence-electron chi connectivity index (χ0n) is 68.6. The summed E-state index contributed by atoms with van der Waals surface area (Å²) < 4.78 is 36.3. The molecule has 598 valence electrons. The Labute approximate surface area is 707 Å². The van der Waals surface area contributed by atoms with Gasteiger partial charge < -0.3 is 33.2 Å². The number of rotatable bonds is 24. The summed E-state index contributed by atoms with van der Waals surface area (Å²) in [5.41, 5.74) is 9.78. The molecule has 18 rings (SSSR count). The van der Waals surface area contributed by atoms with Crippen molar-refractivity contribution in [1.29, 1.82) is 0 Å². The van der Waals surface area contributed by atoms with Crippen LogP contribution in [0.1, 0.15) is 64.3 Å². The number of ether oxygens (including phenoxy) is 7. The van der Waals surface area contributed by atoms with Crippen LogP contribution >= 0.6 is 0 Å². The Hall–Kier alpha value is -14.7. The van der Waals surface area contributed by atoms with Crippen molar-refractivity contribution in [3.63, 3.8) is 0 Å². The molecule has 0 atom stereocenters. The summed E-state index contributed by atoms with van der Waals surface area (Å²) in [6, 6.07) is 127. The summed E-state index contributed by atoms with van der Waals surface area (Å²) in [7, 11) is 0. The third kappa shape index (κ3) is 25.4. The summed E-state index contributed by atoms with van der Waals surface area (Å²) in [5, 5.41) is 25.5. The third-order valence-corrected chi connectivity index (χ3v) is 20.0. The standard InChI is InChI=1S/C18H18.2C17H14O.4C13H12O.C9H10O/c1-2-3-7-14-10-6-11-17-12-15-8-4-5-9-16(15)13-18(14)17;1-2-18-12-17-15-9-5-3-7-13(15)11-14-8-4-6-10-16(14)17;1-2-18-12-13-7-8-16-10-14-5-3-4-6-15(14)11-17(16)9-13;2*1-2-14-10-12-8-5-7-11-6-3-4-9-13(11)12;2*1-2-14-10-11-7-8-12-5-3-4-6-13(12)9-11;1-2-10-8-9-6-4-3-5-7-9/h4-6,8-13H,2-3,7H2,1H3;2*2-11H,1,12H2;4*2-9H,1,10H2;2-7H,1,8H2. The highest BCUT2D eigenvalue weighted by Crippen LogP contribution is 2.32. The van der Waals surface area contributed by atoms with Crippen LogP contribution in [0.5, 0.6) is 0 Å². The number of hydrogen-bond donors (Lipinski definition) is 0. The van der Waals surface area contributed by atoms with Crippen LogP contribution in [0.2, 0.25) is 0 Å². The lowest BCUT2D eigenvalue weighted by atomic mass is 9.97. The van der Waals surface area contributed by atoms with Gasteiger partial charge in [-0.2, -0.15) is 0 Å².